The molecule has 10 heteroatoms. The van der Waals surface area contributed by atoms with Crippen molar-refractivity contribution >= 4 is 11.8 Å². The standard InChI is InChI=1S/C23H19F2N5O3/c24-15-7-14(10-27-11-15)13-1-2-18-16(8-13)23(12-32-22(26)29-23)17-9-19(28-21(25)20(17)33-18)30-3-5-31-6-4-30/h1-2,7-11H,3-6,12H2,(H2,26,29)/t23-/m0/s1. The van der Waals surface area contributed by atoms with Crippen molar-refractivity contribution in [1.82, 2.24) is 9.97 Å². The third-order valence-corrected chi connectivity index (χ3v) is 6.10. The molecule has 0 radical (unpaired) electrons. The molecule has 3 aliphatic heterocycles. The monoisotopic (exact) mass is 451 g/mol. The van der Waals surface area contributed by atoms with Crippen LogP contribution in [0.5, 0.6) is 11.5 Å². The highest BCUT2D eigenvalue weighted by molar-refractivity contribution is 5.78. The van der Waals surface area contributed by atoms with Crippen LogP contribution in [-0.2, 0) is 15.0 Å². The lowest BCUT2D eigenvalue weighted by Gasteiger charge is -2.35. The molecular formula is C23H19F2N5O3. The van der Waals surface area contributed by atoms with Crippen LogP contribution in [0.2, 0.25) is 0 Å². The minimum absolute atomic E-state index is 0.00299. The van der Waals surface area contributed by atoms with Crippen LogP contribution < -0.4 is 15.4 Å². The number of aromatic nitrogens is 2. The molecule has 0 aliphatic carbocycles. The van der Waals surface area contributed by atoms with Crippen LogP contribution in [0.15, 0.2) is 47.7 Å². The van der Waals surface area contributed by atoms with Gasteiger partial charge in [-0.15, -0.1) is 0 Å². The van der Waals surface area contributed by atoms with E-state index in [1.165, 1.54) is 6.07 Å². The average molecular weight is 451 g/mol. The van der Waals surface area contributed by atoms with Crippen molar-refractivity contribution in [2.75, 3.05) is 37.8 Å². The summed E-state index contributed by atoms with van der Waals surface area (Å²) in [4.78, 5) is 14.6. The average Bonchev–Trinajstić information content (AvgIpc) is 3.22. The van der Waals surface area contributed by atoms with Gasteiger partial charge in [-0.2, -0.15) is 9.37 Å². The van der Waals surface area contributed by atoms with Crippen molar-refractivity contribution in [3.63, 3.8) is 0 Å². The molecule has 168 valence electrons. The Labute approximate surface area is 187 Å². The number of amidine groups is 1. The SMILES string of the molecule is NC1=N[C@@]2(CO1)c1cc(-c3cncc(F)c3)ccc1Oc1c2cc(N2CCOCC2)nc1F. The Hall–Kier alpha value is -3.79. The van der Waals surface area contributed by atoms with Crippen LogP contribution in [0, 0.1) is 11.8 Å². The number of anilines is 1. The zero-order valence-electron chi connectivity index (χ0n) is 17.4. The zero-order valence-corrected chi connectivity index (χ0v) is 17.4. The molecule has 1 spiro atoms. The molecule has 2 aromatic heterocycles. The Morgan fingerprint density at radius 1 is 1.00 bits per heavy atom. The van der Waals surface area contributed by atoms with Crippen LogP contribution in [0.25, 0.3) is 11.1 Å². The van der Waals surface area contributed by atoms with Gasteiger partial charge in [0.2, 0.25) is 0 Å². The first-order valence-electron chi connectivity index (χ1n) is 10.5. The van der Waals surface area contributed by atoms with E-state index in [-0.39, 0.29) is 18.4 Å². The van der Waals surface area contributed by atoms with E-state index in [9.17, 15) is 4.39 Å². The van der Waals surface area contributed by atoms with Crippen molar-refractivity contribution in [2.45, 2.75) is 5.54 Å². The Morgan fingerprint density at radius 2 is 1.85 bits per heavy atom. The van der Waals surface area contributed by atoms with Crippen LogP contribution in [0.3, 0.4) is 0 Å². The number of morpholine rings is 1. The minimum Gasteiger partial charge on any atom is -0.462 e. The van der Waals surface area contributed by atoms with Crippen molar-refractivity contribution < 1.29 is 23.0 Å². The van der Waals surface area contributed by atoms with Crippen molar-refractivity contribution in [1.29, 1.82) is 0 Å². The van der Waals surface area contributed by atoms with Gasteiger partial charge in [-0.25, -0.2) is 9.38 Å². The van der Waals surface area contributed by atoms with E-state index >= 15 is 4.39 Å². The summed E-state index contributed by atoms with van der Waals surface area (Å²) in [6.07, 6.45) is 2.71. The number of nitrogens with two attached hydrogens (primary N) is 1. The van der Waals surface area contributed by atoms with Crippen molar-refractivity contribution in [2.24, 2.45) is 10.7 Å². The van der Waals surface area contributed by atoms with Gasteiger partial charge < -0.3 is 24.8 Å². The molecular weight excluding hydrogens is 432 g/mol. The Morgan fingerprint density at radius 3 is 2.61 bits per heavy atom. The summed E-state index contributed by atoms with van der Waals surface area (Å²) in [5.74, 6) is -0.333. The number of hydrogen-bond acceptors (Lipinski definition) is 8. The molecule has 0 bridgehead atoms. The Kier molecular flexibility index (Phi) is 4.44. The van der Waals surface area contributed by atoms with Crippen LogP contribution in [-0.4, -0.2) is 48.9 Å². The summed E-state index contributed by atoms with van der Waals surface area (Å²) in [6, 6.07) is 8.43. The number of rotatable bonds is 2. The van der Waals surface area contributed by atoms with E-state index < -0.39 is 17.3 Å². The number of pyridine rings is 2. The second kappa shape index (κ2) is 7.38. The maximum absolute atomic E-state index is 15.2. The minimum atomic E-state index is -1.13. The van der Waals surface area contributed by atoms with Crippen LogP contribution >= 0.6 is 0 Å². The molecule has 5 heterocycles. The van der Waals surface area contributed by atoms with Gasteiger partial charge in [-0.1, -0.05) is 6.07 Å². The molecule has 1 saturated heterocycles. The fourth-order valence-electron chi connectivity index (χ4n) is 4.50. The molecule has 3 aliphatic rings. The van der Waals surface area contributed by atoms with Crippen molar-refractivity contribution in [3.8, 4) is 22.6 Å². The van der Waals surface area contributed by atoms with Gasteiger partial charge in [0, 0.05) is 36.0 Å². The Bertz CT molecular complexity index is 1300. The maximum Gasteiger partial charge on any atom is 0.283 e. The summed E-state index contributed by atoms with van der Waals surface area (Å²) in [6.45, 7) is 2.32. The fourth-order valence-corrected chi connectivity index (χ4v) is 4.50. The second-order valence-corrected chi connectivity index (χ2v) is 8.05. The lowest BCUT2D eigenvalue weighted by atomic mass is 9.80. The largest absolute Gasteiger partial charge is 0.462 e. The molecule has 33 heavy (non-hydrogen) atoms. The van der Waals surface area contributed by atoms with Gasteiger partial charge in [-0.3, -0.25) is 4.98 Å². The first-order chi connectivity index (χ1) is 16.0. The lowest BCUT2D eigenvalue weighted by Crippen LogP contribution is -2.38. The summed E-state index contributed by atoms with van der Waals surface area (Å²) >= 11 is 0. The van der Waals surface area contributed by atoms with Gasteiger partial charge >= 0.3 is 0 Å². The van der Waals surface area contributed by atoms with E-state index in [2.05, 4.69) is 15.0 Å². The molecule has 0 saturated carbocycles. The topological polar surface area (TPSA) is 95.1 Å². The smallest absolute Gasteiger partial charge is 0.283 e. The van der Waals surface area contributed by atoms with E-state index in [0.29, 0.717) is 60.1 Å². The van der Waals surface area contributed by atoms with Gasteiger partial charge in [0.05, 0.1) is 19.4 Å². The predicted octanol–water partition coefficient (Wildman–Crippen LogP) is 2.95. The molecule has 0 unspecified atom stereocenters. The van der Waals surface area contributed by atoms with E-state index in [0.717, 1.165) is 6.20 Å². The summed E-state index contributed by atoms with van der Waals surface area (Å²) < 4.78 is 46.0. The van der Waals surface area contributed by atoms with Gasteiger partial charge in [-0.05, 0) is 29.8 Å². The summed E-state index contributed by atoms with van der Waals surface area (Å²) in [7, 11) is 0. The molecule has 3 aromatic rings. The summed E-state index contributed by atoms with van der Waals surface area (Å²) in [5, 5.41) is 0. The van der Waals surface area contributed by atoms with Crippen LogP contribution in [0.4, 0.5) is 14.6 Å². The molecule has 1 aromatic carbocycles. The fraction of sp³-hybridized carbons (Fsp3) is 0.261. The number of benzene rings is 1. The highest BCUT2D eigenvalue weighted by atomic mass is 19.1. The number of aliphatic imine (C=N–C) groups is 1. The van der Waals surface area contributed by atoms with E-state index in [1.807, 2.05) is 11.0 Å². The first-order valence-corrected chi connectivity index (χ1v) is 10.5. The van der Waals surface area contributed by atoms with E-state index in [4.69, 9.17) is 19.9 Å². The maximum atomic E-state index is 15.2. The quantitative estimate of drug-likeness (QED) is 0.599. The normalized spacial score (nSPS) is 21.2. The number of nitrogens with zero attached hydrogens (tertiary/aromatic N) is 4. The molecule has 0 amide bonds. The van der Waals surface area contributed by atoms with Crippen LogP contribution in [0.1, 0.15) is 11.1 Å². The number of halogens is 2. The number of hydrogen-bond donors (Lipinski definition) is 1. The van der Waals surface area contributed by atoms with Crippen molar-refractivity contribution in [3.05, 3.63) is 65.6 Å². The molecule has 1 atom stereocenters. The van der Waals surface area contributed by atoms with Gasteiger partial charge in [0.25, 0.3) is 12.0 Å². The zero-order chi connectivity index (χ0) is 22.6. The van der Waals surface area contributed by atoms with Gasteiger partial charge in [0.15, 0.2) is 11.3 Å². The lowest BCUT2D eigenvalue weighted by molar-refractivity contribution is 0.122. The Balaban J connectivity index is 1.53. The molecule has 6 rings (SSSR count). The molecule has 8 nitrogen and oxygen atoms in total. The molecule has 1 fully saturated rings. The highest BCUT2D eigenvalue weighted by Gasteiger charge is 2.48. The number of ether oxygens (including phenoxy) is 3. The molecule has 2 N–H and O–H groups in total. The van der Waals surface area contributed by atoms with Gasteiger partial charge in [0.1, 0.15) is 24.0 Å². The second-order valence-electron chi connectivity index (χ2n) is 8.05. The third-order valence-electron chi connectivity index (χ3n) is 6.10. The highest BCUT2D eigenvalue weighted by Crippen LogP contribution is 2.52. The predicted molar refractivity (Wildman–Crippen MR) is 115 cm³/mol. The van der Waals surface area contributed by atoms with E-state index in [1.54, 1.807) is 24.4 Å². The first kappa shape index (κ1) is 19.9. The summed E-state index contributed by atoms with van der Waals surface area (Å²) in [5.41, 5.74) is 7.20. The number of fused-ring (bicyclic) bond motifs is 4. The third kappa shape index (κ3) is 3.17.